The molecular weight excluding hydrogens is 344 g/mol. The lowest BCUT2D eigenvalue weighted by Crippen LogP contribution is -2.56. The van der Waals surface area contributed by atoms with Gasteiger partial charge in [-0.1, -0.05) is 18.2 Å². The lowest BCUT2D eigenvalue weighted by molar-refractivity contribution is 0.0473. The Bertz CT molecular complexity index is 640. The molecule has 0 radical (unpaired) electrons. The fraction of sp³-hybridized carbons (Fsp3) is 0.600. The molecule has 0 amide bonds. The molecule has 0 aromatic heterocycles. The summed E-state index contributed by atoms with van der Waals surface area (Å²) in [5.41, 5.74) is 0. The number of alkyl halides is 2. The minimum Gasteiger partial charge on any atom is -0.598 e. The second-order valence-electron chi connectivity index (χ2n) is 6.69. The van der Waals surface area contributed by atoms with Crippen molar-refractivity contribution in [1.29, 1.82) is 0 Å². The normalized spacial score (nSPS) is 19.4. The number of hydrogen-bond acceptors (Lipinski definition) is 4. The van der Waals surface area contributed by atoms with Crippen molar-refractivity contribution in [2.45, 2.75) is 54.6 Å². The van der Waals surface area contributed by atoms with Crippen LogP contribution in [0.2, 0.25) is 0 Å². The summed E-state index contributed by atoms with van der Waals surface area (Å²) in [5.74, 6) is -0.491. The van der Waals surface area contributed by atoms with Gasteiger partial charge in [-0.05, 0) is 51.7 Å². The van der Waals surface area contributed by atoms with Crippen LogP contribution in [-0.2, 0) is 21.2 Å². The smallest absolute Gasteiger partial charge is 0.369 e. The van der Waals surface area contributed by atoms with Gasteiger partial charge in [-0.3, -0.25) is 0 Å². The number of benzene rings is 1. The Labute approximate surface area is 138 Å². The monoisotopic (exact) mass is 365 g/mol. The number of sulfone groups is 1. The number of rotatable bonds is 6. The maximum absolute atomic E-state index is 14.8. The third-order valence-corrected chi connectivity index (χ3v) is 7.10. The molecule has 1 aliphatic rings. The first-order chi connectivity index (χ1) is 10.5. The van der Waals surface area contributed by atoms with Gasteiger partial charge in [0.05, 0.1) is 4.90 Å². The Kier molecular flexibility index (Phi) is 5.11. The molecule has 0 saturated heterocycles. The zero-order valence-corrected chi connectivity index (χ0v) is 14.9. The fourth-order valence-electron chi connectivity index (χ4n) is 2.08. The van der Waals surface area contributed by atoms with Crippen LogP contribution in [0.3, 0.4) is 0 Å². The molecular formula is C15H21F2NO3S2. The SMILES string of the molecule is CC(C)(C)[S+]([O-])N[C@@H](C1CC1)C(F)(F)S(=O)(=O)c1ccccc1. The number of halogens is 2. The summed E-state index contributed by atoms with van der Waals surface area (Å²) in [6.07, 6.45) is 0.998. The predicted octanol–water partition coefficient (Wildman–Crippen LogP) is 2.88. The minimum atomic E-state index is -4.86. The van der Waals surface area contributed by atoms with Crippen LogP contribution in [0, 0.1) is 5.92 Å². The van der Waals surface area contributed by atoms with Gasteiger partial charge < -0.3 is 4.55 Å². The predicted molar refractivity (Wildman–Crippen MR) is 86.1 cm³/mol. The molecule has 130 valence electrons. The van der Waals surface area contributed by atoms with Gasteiger partial charge in [-0.2, -0.15) is 8.78 Å². The molecule has 2 rings (SSSR count). The maximum Gasteiger partial charge on any atom is 0.369 e. The van der Waals surface area contributed by atoms with Crippen molar-refractivity contribution in [2.75, 3.05) is 0 Å². The summed E-state index contributed by atoms with van der Waals surface area (Å²) in [6, 6.07) is 4.99. The second kappa shape index (κ2) is 6.31. The summed E-state index contributed by atoms with van der Waals surface area (Å²) < 4.78 is 68.2. The van der Waals surface area contributed by atoms with E-state index in [-0.39, 0.29) is 0 Å². The number of hydrogen-bond donors (Lipinski definition) is 1. The zero-order chi connectivity index (χ0) is 17.5. The molecule has 0 spiro atoms. The summed E-state index contributed by atoms with van der Waals surface area (Å²) in [6.45, 7) is 4.93. The van der Waals surface area contributed by atoms with E-state index in [1.54, 1.807) is 26.8 Å². The van der Waals surface area contributed by atoms with E-state index in [0.717, 1.165) is 12.1 Å². The summed E-state index contributed by atoms with van der Waals surface area (Å²) in [7, 11) is -4.86. The van der Waals surface area contributed by atoms with Crippen LogP contribution in [0.25, 0.3) is 0 Å². The van der Waals surface area contributed by atoms with Crippen LogP contribution in [0.5, 0.6) is 0 Å². The van der Waals surface area contributed by atoms with E-state index in [4.69, 9.17) is 0 Å². The van der Waals surface area contributed by atoms with Crippen molar-refractivity contribution < 1.29 is 21.8 Å². The van der Waals surface area contributed by atoms with Gasteiger partial charge in [0.25, 0.3) is 0 Å². The second-order valence-corrected chi connectivity index (χ2v) is 10.7. The van der Waals surface area contributed by atoms with E-state index >= 15 is 0 Å². The van der Waals surface area contributed by atoms with Crippen LogP contribution >= 0.6 is 0 Å². The van der Waals surface area contributed by atoms with Crippen molar-refractivity contribution in [1.82, 2.24) is 4.72 Å². The molecule has 1 unspecified atom stereocenters. The molecule has 8 heteroatoms. The van der Waals surface area contributed by atoms with Gasteiger partial charge in [-0.15, -0.1) is 4.72 Å². The molecule has 0 aliphatic heterocycles. The van der Waals surface area contributed by atoms with Crippen molar-refractivity contribution >= 4 is 21.2 Å². The van der Waals surface area contributed by atoms with Gasteiger partial charge in [0, 0.05) is 11.4 Å². The van der Waals surface area contributed by atoms with Crippen molar-refractivity contribution in [3.8, 4) is 0 Å². The van der Waals surface area contributed by atoms with E-state index in [0.29, 0.717) is 12.8 Å². The van der Waals surface area contributed by atoms with Crippen molar-refractivity contribution in [2.24, 2.45) is 5.92 Å². The zero-order valence-electron chi connectivity index (χ0n) is 13.3. The van der Waals surface area contributed by atoms with Gasteiger partial charge in [0.2, 0.25) is 9.84 Å². The molecule has 0 heterocycles. The van der Waals surface area contributed by atoms with Crippen molar-refractivity contribution in [3.63, 3.8) is 0 Å². The number of nitrogens with one attached hydrogen (secondary N) is 1. The van der Waals surface area contributed by atoms with E-state index in [9.17, 15) is 21.8 Å². The van der Waals surface area contributed by atoms with Gasteiger partial charge in [-0.25, -0.2) is 8.42 Å². The molecule has 1 saturated carbocycles. The minimum absolute atomic E-state index is 0.431. The molecule has 0 bridgehead atoms. The Hall–Kier alpha value is -0.700. The highest BCUT2D eigenvalue weighted by Gasteiger charge is 2.59. The summed E-state index contributed by atoms with van der Waals surface area (Å²) in [4.78, 5) is -0.431. The van der Waals surface area contributed by atoms with Crippen LogP contribution in [-0.4, -0.2) is 29.0 Å². The Balaban J connectivity index is 2.34. The molecule has 1 N–H and O–H groups in total. The average Bonchev–Trinajstić information content (AvgIpc) is 3.28. The highest BCUT2D eigenvalue weighted by molar-refractivity contribution is 7.93. The molecule has 1 fully saturated rings. The summed E-state index contributed by atoms with van der Waals surface area (Å²) in [5, 5.41) is -4.03. The van der Waals surface area contributed by atoms with Crippen LogP contribution in [0.1, 0.15) is 33.6 Å². The molecule has 1 aromatic carbocycles. The standard InChI is InChI=1S/C15H21F2NO3S2/c1-14(2,3)22(19)18-13(11-9-10-11)15(16,17)23(20,21)12-7-5-4-6-8-12/h4-8,11,13,18H,9-10H2,1-3H3/t13-,22?/m0/s1. The lowest BCUT2D eigenvalue weighted by Gasteiger charge is -2.31. The van der Waals surface area contributed by atoms with E-state index in [2.05, 4.69) is 4.72 Å². The van der Waals surface area contributed by atoms with Crippen molar-refractivity contribution in [3.05, 3.63) is 30.3 Å². The molecule has 4 nitrogen and oxygen atoms in total. The average molecular weight is 365 g/mol. The lowest BCUT2D eigenvalue weighted by atomic mass is 10.2. The first-order valence-corrected chi connectivity index (χ1v) is 9.97. The Morgan fingerprint density at radius 2 is 1.74 bits per heavy atom. The topological polar surface area (TPSA) is 69.2 Å². The van der Waals surface area contributed by atoms with Crippen LogP contribution < -0.4 is 4.72 Å². The quantitative estimate of drug-likeness (QED) is 0.787. The Morgan fingerprint density at radius 3 is 2.17 bits per heavy atom. The van der Waals surface area contributed by atoms with E-state index < -0.39 is 48.1 Å². The first kappa shape index (κ1) is 18.6. The Morgan fingerprint density at radius 1 is 1.22 bits per heavy atom. The maximum atomic E-state index is 14.8. The van der Waals surface area contributed by atoms with Crippen LogP contribution in [0.4, 0.5) is 8.78 Å². The molecule has 23 heavy (non-hydrogen) atoms. The molecule has 1 aromatic rings. The third-order valence-electron chi connectivity index (χ3n) is 3.66. The molecule has 1 aliphatic carbocycles. The van der Waals surface area contributed by atoms with E-state index in [1.165, 1.54) is 12.1 Å². The highest BCUT2D eigenvalue weighted by atomic mass is 32.2. The fourth-order valence-corrected chi connectivity index (χ4v) is 4.50. The van der Waals surface area contributed by atoms with Gasteiger partial charge in [0.1, 0.15) is 10.8 Å². The van der Waals surface area contributed by atoms with Gasteiger partial charge >= 0.3 is 5.25 Å². The highest BCUT2D eigenvalue weighted by Crippen LogP contribution is 2.44. The third kappa shape index (κ3) is 3.87. The largest absolute Gasteiger partial charge is 0.598 e. The van der Waals surface area contributed by atoms with Gasteiger partial charge in [0.15, 0.2) is 0 Å². The van der Waals surface area contributed by atoms with E-state index in [1.807, 2.05) is 0 Å². The van der Waals surface area contributed by atoms with Crippen LogP contribution in [0.15, 0.2) is 35.2 Å². The summed E-state index contributed by atoms with van der Waals surface area (Å²) >= 11 is -1.78. The first-order valence-electron chi connectivity index (χ1n) is 7.33. The molecule has 2 atom stereocenters.